The number of carbonyl (C=O) groups excluding carboxylic acids is 1. The predicted molar refractivity (Wildman–Crippen MR) is 64.2 cm³/mol. The normalized spacial score (nSPS) is 33.1. The molecular formula is C12H16N2O4. The van der Waals surface area contributed by atoms with E-state index in [1.54, 1.807) is 0 Å². The van der Waals surface area contributed by atoms with Crippen LogP contribution in [0.25, 0.3) is 0 Å². The number of methoxy groups -OCH3 is 1. The number of hydrogen-bond acceptors (Lipinski definition) is 3. The van der Waals surface area contributed by atoms with E-state index >= 15 is 0 Å². The highest BCUT2D eigenvalue weighted by molar-refractivity contribution is 5.71. The number of likely N-dealkylation sites (tertiary alicyclic amines) is 1. The van der Waals surface area contributed by atoms with Gasteiger partial charge in [0.05, 0.1) is 19.2 Å². The van der Waals surface area contributed by atoms with Gasteiger partial charge in [-0.15, -0.1) is 0 Å². The highest BCUT2D eigenvalue weighted by Gasteiger charge is 2.51. The number of amides is 2. The summed E-state index contributed by atoms with van der Waals surface area (Å²) in [5.74, 6) is -0.0855. The number of fused-ring (bicyclic) bond motifs is 1. The maximum absolute atomic E-state index is 11.4. The van der Waals surface area contributed by atoms with Gasteiger partial charge < -0.3 is 20.1 Å². The fraction of sp³-hybridized carbons (Fsp3) is 0.500. The second-order valence-corrected chi connectivity index (χ2v) is 4.58. The van der Waals surface area contributed by atoms with Crippen molar-refractivity contribution in [2.75, 3.05) is 13.7 Å². The molecule has 1 aliphatic carbocycles. The maximum Gasteiger partial charge on any atom is 0.407 e. The lowest BCUT2D eigenvalue weighted by Gasteiger charge is -2.32. The van der Waals surface area contributed by atoms with E-state index in [1.807, 2.05) is 31.2 Å². The van der Waals surface area contributed by atoms with Crippen LogP contribution in [0.5, 0.6) is 0 Å². The number of ether oxygens (including phenoxy) is 1. The van der Waals surface area contributed by atoms with E-state index < -0.39 is 17.7 Å². The summed E-state index contributed by atoms with van der Waals surface area (Å²) in [6, 6.07) is -0.194. The number of rotatable bonds is 1. The molecule has 0 aromatic rings. The Morgan fingerprint density at radius 2 is 2.22 bits per heavy atom. The predicted octanol–water partition coefficient (Wildman–Crippen LogP) is 1.21. The Kier molecular flexibility index (Phi) is 3.02. The van der Waals surface area contributed by atoms with Gasteiger partial charge in [-0.25, -0.2) is 9.59 Å². The average Bonchev–Trinajstić information content (AvgIpc) is 2.63. The van der Waals surface area contributed by atoms with Crippen LogP contribution in [0.2, 0.25) is 0 Å². The molecule has 1 aliphatic heterocycles. The molecule has 1 fully saturated rings. The van der Waals surface area contributed by atoms with Crippen LogP contribution in [-0.2, 0) is 4.74 Å². The number of alkyl carbamates (subject to hydrolysis) is 1. The fourth-order valence-corrected chi connectivity index (χ4v) is 2.71. The molecule has 0 bridgehead atoms. The van der Waals surface area contributed by atoms with Crippen molar-refractivity contribution in [1.29, 1.82) is 0 Å². The van der Waals surface area contributed by atoms with Gasteiger partial charge in [-0.1, -0.05) is 24.3 Å². The Labute approximate surface area is 105 Å². The fourth-order valence-electron chi connectivity index (χ4n) is 2.71. The molecule has 2 aliphatic rings. The number of carboxylic acid groups (broad SMARTS) is 1. The first-order valence-electron chi connectivity index (χ1n) is 5.72. The number of carbonyl (C=O) groups is 2. The third-order valence-electron chi connectivity index (χ3n) is 3.63. The van der Waals surface area contributed by atoms with E-state index in [4.69, 9.17) is 0 Å². The summed E-state index contributed by atoms with van der Waals surface area (Å²) in [6.45, 7) is 2.06. The molecule has 2 rings (SSSR count). The standard InChI is InChI=1S/C12H16N2O4/c1-8-9-5-3-4-6-12(9,13-10(15)18-2)7-14(8)11(16)17/h3-6,8-9H,7H2,1-2H3,(H,13,15)(H,16,17)/t8?,9-,12-/m0/s1. The van der Waals surface area contributed by atoms with Crippen molar-refractivity contribution in [3.8, 4) is 0 Å². The number of nitrogens with one attached hydrogen (secondary N) is 1. The molecule has 1 unspecified atom stereocenters. The van der Waals surface area contributed by atoms with Crippen molar-refractivity contribution in [3.05, 3.63) is 24.3 Å². The molecule has 0 spiro atoms. The van der Waals surface area contributed by atoms with Crippen LogP contribution >= 0.6 is 0 Å². The molecule has 98 valence electrons. The molecule has 6 nitrogen and oxygen atoms in total. The smallest absolute Gasteiger partial charge is 0.407 e. The van der Waals surface area contributed by atoms with E-state index in [-0.39, 0.29) is 18.5 Å². The average molecular weight is 252 g/mol. The molecule has 0 saturated carbocycles. The van der Waals surface area contributed by atoms with Crippen LogP contribution in [0.15, 0.2) is 24.3 Å². The molecule has 2 amide bonds. The van der Waals surface area contributed by atoms with Crippen LogP contribution < -0.4 is 5.32 Å². The molecule has 6 heteroatoms. The summed E-state index contributed by atoms with van der Waals surface area (Å²) in [5.41, 5.74) is -0.709. The van der Waals surface area contributed by atoms with Crippen LogP contribution in [0.1, 0.15) is 6.92 Å². The summed E-state index contributed by atoms with van der Waals surface area (Å²) >= 11 is 0. The van der Waals surface area contributed by atoms with Crippen LogP contribution in [0.3, 0.4) is 0 Å². The first-order valence-corrected chi connectivity index (χ1v) is 5.72. The Hall–Kier alpha value is -1.98. The summed E-state index contributed by atoms with van der Waals surface area (Å²) in [4.78, 5) is 24.0. The maximum atomic E-state index is 11.4. The molecule has 0 radical (unpaired) electrons. The highest BCUT2D eigenvalue weighted by Crippen LogP contribution is 2.37. The molecule has 0 aromatic carbocycles. The van der Waals surface area contributed by atoms with Gasteiger partial charge in [-0.05, 0) is 6.92 Å². The Balaban J connectivity index is 2.31. The van der Waals surface area contributed by atoms with Crippen molar-refractivity contribution < 1.29 is 19.4 Å². The molecular weight excluding hydrogens is 236 g/mol. The lowest BCUT2D eigenvalue weighted by Crippen LogP contribution is -2.53. The second kappa shape index (κ2) is 4.36. The number of nitrogens with zero attached hydrogens (tertiary/aromatic N) is 1. The van der Waals surface area contributed by atoms with Crippen molar-refractivity contribution in [2.24, 2.45) is 5.92 Å². The van der Waals surface area contributed by atoms with Gasteiger partial charge in [0, 0.05) is 12.0 Å². The molecule has 2 N–H and O–H groups in total. The summed E-state index contributed by atoms with van der Waals surface area (Å²) in [6.07, 6.45) is 5.88. The van der Waals surface area contributed by atoms with Crippen molar-refractivity contribution in [2.45, 2.75) is 18.5 Å². The third-order valence-corrected chi connectivity index (χ3v) is 3.63. The molecule has 1 heterocycles. The Morgan fingerprint density at radius 3 is 2.83 bits per heavy atom. The quantitative estimate of drug-likeness (QED) is 0.735. The third kappa shape index (κ3) is 1.83. The lowest BCUT2D eigenvalue weighted by atomic mass is 9.80. The summed E-state index contributed by atoms with van der Waals surface area (Å²) in [7, 11) is 1.29. The van der Waals surface area contributed by atoms with Gasteiger partial charge in [-0.2, -0.15) is 0 Å². The zero-order valence-corrected chi connectivity index (χ0v) is 10.3. The Morgan fingerprint density at radius 1 is 1.50 bits per heavy atom. The zero-order valence-electron chi connectivity index (χ0n) is 10.3. The SMILES string of the molecule is COC(=O)N[C@]12C=CC=C[C@H]1C(C)N(C(=O)O)C2. The minimum absolute atomic E-state index is 0.0855. The van der Waals surface area contributed by atoms with Gasteiger partial charge >= 0.3 is 12.2 Å². The van der Waals surface area contributed by atoms with Crippen LogP contribution in [0.4, 0.5) is 9.59 Å². The first-order chi connectivity index (χ1) is 8.50. The van der Waals surface area contributed by atoms with Gasteiger partial charge in [0.15, 0.2) is 0 Å². The molecule has 18 heavy (non-hydrogen) atoms. The summed E-state index contributed by atoms with van der Waals surface area (Å²) < 4.78 is 4.61. The molecule has 1 saturated heterocycles. The monoisotopic (exact) mass is 252 g/mol. The van der Waals surface area contributed by atoms with E-state index in [9.17, 15) is 14.7 Å². The van der Waals surface area contributed by atoms with Gasteiger partial charge in [0.2, 0.25) is 0 Å². The van der Waals surface area contributed by atoms with Gasteiger partial charge in [0.1, 0.15) is 0 Å². The lowest BCUT2D eigenvalue weighted by molar-refractivity contribution is 0.138. The van der Waals surface area contributed by atoms with Crippen molar-refractivity contribution in [1.82, 2.24) is 10.2 Å². The summed E-state index contributed by atoms with van der Waals surface area (Å²) in [5, 5.41) is 11.9. The van der Waals surface area contributed by atoms with Crippen LogP contribution in [-0.4, -0.2) is 47.4 Å². The van der Waals surface area contributed by atoms with Gasteiger partial charge in [0.25, 0.3) is 0 Å². The molecule has 0 aromatic heterocycles. The minimum atomic E-state index is -0.982. The first kappa shape index (κ1) is 12.5. The number of hydrogen-bond donors (Lipinski definition) is 2. The van der Waals surface area contributed by atoms with E-state index in [0.717, 1.165) is 0 Å². The molecule has 3 atom stereocenters. The second-order valence-electron chi connectivity index (χ2n) is 4.58. The van der Waals surface area contributed by atoms with Crippen LogP contribution in [0, 0.1) is 5.92 Å². The van der Waals surface area contributed by atoms with E-state index in [2.05, 4.69) is 10.1 Å². The Bertz CT molecular complexity index is 432. The zero-order chi connectivity index (χ0) is 13.3. The van der Waals surface area contributed by atoms with Crippen molar-refractivity contribution >= 4 is 12.2 Å². The highest BCUT2D eigenvalue weighted by atomic mass is 16.5. The van der Waals surface area contributed by atoms with Gasteiger partial charge in [-0.3, -0.25) is 0 Å². The minimum Gasteiger partial charge on any atom is -0.465 e. The van der Waals surface area contributed by atoms with Crippen molar-refractivity contribution in [3.63, 3.8) is 0 Å². The van der Waals surface area contributed by atoms with E-state index in [1.165, 1.54) is 12.0 Å². The largest absolute Gasteiger partial charge is 0.465 e. The number of allylic oxidation sites excluding steroid dienone is 2. The van der Waals surface area contributed by atoms with E-state index in [0.29, 0.717) is 0 Å². The topological polar surface area (TPSA) is 78.9 Å².